The molecule has 128 valence electrons. The van der Waals surface area contributed by atoms with Crippen molar-refractivity contribution < 1.29 is 9.59 Å². The van der Waals surface area contributed by atoms with Crippen LogP contribution in [0, 0.1) is 0 Å². The molecule has 3 rings (SSSR count). The van der Waals surface area contributed by atoms with E-state index in [0.717, 1.165) is 25.9 Å². The smallest absolute Gasteiger partial charge is 0.265 e. The van der Waals surface area contributed by atoms with Crippen molar-refractivity contribution in [1.29, 1.82) is 0 Å². The standard InChI is InChI=1S/C17H19N3O2S.ClH/c21-16(20-14-6-2-8-18-11-14)12-4-1-5-13(10-12)19-17(22)15-7-3-9-23-15;/h1,3-5,7,9-10,14,18H,2,6,8,11H2,(H,19,22)(H,20,21);1H. The van der Waals surface area contributed by atoms with Gasteiger partial charge in [-0.05, 0) is 49.0 Å². The highest BCUT2D eigenvalue weighted by molar-refractivity contribution is 7.12. The third-order valence-electron chi connectivity index (χ3n) is 3.76. The maximum absolute atomic E-state index is 12.3. The van der Waals surface area contributed by atoms with E-state index in [4.69, 9.17) is 0 Å². The molecule has 3 N–H and O–H groups in total. The number of hydrogen-bond donors (Lipinski definition) is 3. The lowest BCUT2D eigenvalue weighted by atomic mass is 10.1. The Kier molecular flexibility index (Phi) is 6.78. The van der Waals surface area contributed by atoms with Crippen LogP contribution in [-0.4, -0.2) is 30.9 Å². The first-order chi connectivity index (χ1) is 11.2. The first-order valence-corrected chi connectivity index (χ1v) is 8.57. The van der Waals surface area contributed by atoms with E-state index >= 15 is 0 Å². The fraction of sp³-hybridized carbons (Fsp3) is 0.294. The fourth-order valence-electron chi connectivity index (χ4n) is 2.58. The molecule has 1 atom stereocenters. The van der Waals surface area contributed by atoms with Crippen LogP contribution in [0.3, 0.4) is 0 Å². The summed E-state index contributed by atoms with van der Waals surface area (Å²) in [5, 5.41) is 11.0. The van der Waals surface area contributed by atoms with Gasteiger partial charge in [0.15, 0.2) is 0 Å². The van der Waals surface area contributed by atoms with Gasteiger partial charge in [0.25, 0.3) is 11.8 Å². The van der Waals surface area contributed by atoms with Crippen LogP contribution < -0.4 is 16.0 Å². The molecule has 1 aliphatic heterocycles. The monoisotopic (exact) mass is 365 g/mol. The summed E-state index contributed by atoms with van der Waals surface area (Å²) in [6.45, 7) is 1.82. The molecule has 2 aromatic rings. The van der Waals surface area contributed by atoms with Crippen LogP contribution in [-0.2, 0) is 0 Å². The van der Waals surface area contributed by atoms with Crippen molar-refractivity contribution in [2.75, 3.05) is 18.4 Å². The van der Waals surface area contributed by atoms with Crippen LogP contribution in [0.4, 0.5) is 5.69 Å². The SMILES string of the molecule is Cl.O=C(NC1CCCNC1)c1cccc(NC(=O)c2cccs2)c1. The van der Waals surface area contributed by atoms with Crippen molar-refractivity contribution in [3.8, 4) is 0 Å². The summed E-state index contributed by atoms with van der Waals surface area (Å²) in [5.74, 6) is -0.264. The molecule has 0 aliphatic carbocycles. The third kappa shape index (κ3) is 4.80. The van der Waals surface area contributed by atoms with Gasteiger partial charge in [0, 0.05) is 23.8 Å². The lowest BCUT2D eigenvalue weighted by molar-refractivity contribution is 0.0929. The van der Waals surface area contributed by atoms with Gasteiger partial charge in [0.2, 0.25) is 0 Å². The third-order valence-corrected chi connectivity index (χ3v) is 4.63. The summed E-state index contributed by atoms with van der Waals surface area (Å²) in [7, 11) is 0. The number of nitrogens with one attached hydrogen (secondary N) is 3. The van der Waals surface area contributed by atoms with Crippen molar-refractivity contribution in [2.45, 2.75) is 18.9 Å². The molecule has 5 nitrogen and oxygen atoms in total. The van der Waals surface area contributed by atoms with Gasteiger partial charge in [0.05, 0.1) is 4.88 Å². The summed E-state index contributed by atoms with van der Waals surface area (Å²) in [5.41, 5.74) is 1.18. The zero-order chi connectivity index (χ0) is 16.1. The van der Waals surface area contributed by atoms with E-state index in [-0.39, 0.29) is 30.3 Å². The lowest BCUT2D eigenvalue weighted by Gasteiger charge is -2.23. The highest BCUT2D eigenvalue weighted by Crippen LogP contribution is 2.15. The highest BCUT2D eigenvalue weighted by atomic mass is 35.5. The van der Waals surface area contributed by atoms with Gasteiger partial charge in [-0.2, -0.15) is 0 Å². The molecule has 24 heavy (non-hydrogen) atoms. The van der Waals surface area contributed by atoms with Gasteiger partial charge in [-0.3, -0.25) is 9.59 Å². The number of piperidine rings is 1. The van der Waals surface area contributed by atoms with E-state index in [0.29, 0.717) is 16.1 Å². The predicted octanol–water partition coefficient (Wildman–Crippen LogP) is 2.90. The molecule has 7 heteroatoms. The zero-order valence-electron chi connectivity index (χ0n) is 13.1. The molecule has 1 aliphatic rings. The number of benzene rings is 1. The van der Waals surface area contributed by atoms with E-state index in [9.17, 15) is 9.59 Å². The van der Waals surface area contributed by atoms with Gasteiger partial charge >= 0.3 is 0 Å². The van der Waals surface area contributed by atoms with Crippen molar-refractivity contribution in [3.63, 3.8) is 0 Å². The second-order valence-electron chi connectivity index (χ2n) is 5.53. The van der Waals surface area contributed by atoms with E-state index in [1.807, 2.05) is 11.4 Å². The maximum atomic E-state index is 12.3. The van der Waals surface area contributed by atoms with Crippen molar-refractivity contribution in [1.82, 2.24) is 10.6 Å². The largest absolute Gasteiger partial charge is 0.348 e. The predicted molar refractivity (Wildman–Crippen MR) is 99.3 cm³/mol. The van der Waals surface area contributed by atoms with Gasteiger partial charge in [-0.15, -0.1) is 23.7 Å². The van der Waals surface area contributed by atoms with Gasteiger partial charge in [-0.1, -0.05) is 12.1 Å². The Morgan fingerprint density at radius 1 is 1.17 bits per heavy atom. The van der Waals surface area contributed by atoms with Gasteiger partial charge < -0.3 is 16.0 Å². The molecule has 1 fully saturated rings. The summed E-state index contributed by atoms with van der Waals surface area (Å²) in [6, 6.07) is 10.8. The Morgan fingerprint density at radius 2 is 2.04 bits per heavy atom. The highest BCUT2D eigenvalue weighted by Gasteiger charge is 2.16. The van der Waals surface area contributed by atoms with Crippen LogP contribution in [0.1, 0.15) is 32.9 Å². The number of halogens is 1. The first kappa shape index (κ1) is 18.4. The number of amides is 2. The molecule has 2 heterocycles. The minimum atomic E-state index is -0.158. The van der Waals surface area contributed by atoms with E-state index < -0.39 is 0 Å². The van der Waals surface area contributed by atoms with E-state index in [2.05, 4.69) is 16.0 Å². The number of rotatable bonds is 4. The number of anilines is 1. The molecule has 1 unspecified atom stereocenters. The van der Waals surface area contributed by atoms with Gasteiger partial charge in [0.1, 0.15) is 0 Å². The topological polar surface area (TPSA) is 70.2 Å². The summed E-state index contributed by atoms with van der Waals surface area (Å²) >= 11 is 1.39. The van der Waals surface area contributed by atoms with E-state index in [1.54, 1.807) is 30.3 Å². The molecule has 1 aromatic heterocycles. The molecular formula is C17H20ClN3O2S. The number of thiophene rings is 1. The van der Waals surface area contributed by atoms with Crippen LogP contribution in [0.2, 0.25) is 0 Å². The zero-order valence-corrected chi connectivity index (χ0v) is 14.7. The van der Waals surface area contributed by atoms with Crippen LogP contribution in [0.15, 0.2) is 41.8 Å². The number of hydrogen-bond acceptors (Lipinski definition) is 4. The molecule has 2 amide bonds. The Bertz CT molecular complexity index is 685. The molecular weight excluding hydrogens is 346 g/mol. The normalized spacial score (nSPS) is 16.8. The van der Waals surface area contributed by atoms with Gasteiger partial charge in [-0.25, -0.2) is 0 Å². The summed E-state index contributed by atoms with van der Waals surface area (Å²) in [4.78, 5) is 25.0. The van der Waals surface area contributed by atoms with Crippen LogP contribution in [0.25, 0.3) is 0 Å². The average Bonchev–Trinajstić information content (AvgIpc) is 3.11. The Morgan fingerprint density at radius 3 is 2.75 bits per heavy atom. The molecule has 1 aromatic carbocycles. The number of carbonyl (C=O) groups is 2. The second-order valence-corrected chi connectivity index (χ2v) is 6.48. The molecule has 0 spiro atoms. The minimum absolute atomic E-state index is 0. The lowest BCUT2D eigenvalue weighted by Crippen LogP contribution is -2.45. The van der Waals surface area contributed by atoms with Crippen LogP contribution in [0.5, 0.6) is 0 Å². The molecule has 0 saturated carbocycles. The second kappa shape index (κ2) is 8.82. The minimum Gasteiger partial charge on any atom is -0.348 e. The summed E-state index contributed by atoms with van der Waals surface area (Å²) in [6.07, 6.45) is 2.06. The quantitative estimate of drug-likeness (QED) is 0.780. The summed E-state index contributed by atoms with van der Waals surface area (Å²) < 4.78 is 0. The molecule has 1 saturated heterocycles. The number of carbonyl (C=O) groups excluding carboxylic acids is 2. The Labute approximate surface area is 151 Å². The van der Waals surface area contributed by atoms with Crippen LogP contribution >= 0.6 is 23.7 Å². The van der Waals surface area contributed by atoms with Crippen molar-refractivity contribution in [3.05, 3.63) is 52.2 Å². The Hall–Kier alpha value is -1.89. The fourth-order valence-corrected chi connectivity index (χ4v) is 3.20. The van der Waals surface area contributed by atoms with E-state index in [1.165, 1.54) is 11.3 Å². The molecule has 0 radical (unpaired) electrons. The first-order valence-electron chi connectivity index (χ1n) is 7.69. The maximum Gasteiger partial charge on any atom is 0.265 e. The van der Waals surface area contributed by atoms with Crippen molar-refractivity contribution in [2.24, 2.45) is 0 Å². The van der Waals surface area contributed by atoms with Crippen molar-refractivity contribution >= 4 is 41.2 Å². The molecule has 0 bridgehead atoms. The Balaban J connectivity index is 0.00000208. The average molecular weight is 366 g/mol.